The minimum atomic E-state index is 0.588. The third-order valence-corrected chi connectivity index (χ3v) is 11.8. The van der Waals surface area contributed by atoms with Gasteiger partial charge < -0.3 is 0 Å². The van der Waals surface area contributed by atoms with Crippen molar-refractivity contribution < 1.29 is 0 Å². The average molecular weight is 512 g/mol. The number of hydrogen-bond donors (Lipinski definition) is 0. The number of hydrogen-bond acceptors (Lipinski definition) is 1. The van der Waals surface area contributed by atoms with E-state index in [0.717, 1.165) is 11.8 Å². The van der Waals surface area contributed by atoms with E-state index >= 15 is 0 Å². The molecule has 0 radical (unpaired) electrons. The summed E-state index contributed by atoms with van der Waals surface area (Å²) in [6.45, 7) is 0. The first-order valence-corrected chi connectivity index (χ1v) is 11.0. The van der Waals surface area contributed by atoms with Gasteiger partial charge in [-0.15, -0.1) is 0 Å². The Hall–Kier alpha value is 2.27. The molecule has 1 aliphatic heterocycles. The monoisotopic (exact) mass is 508 g/mol. The van der Waals surface area contributed by atoms with Gasteiger partial charge in [-0.1, -0.05) is 63.7 Å². The van der Waals surface area contributed by atoms with E-state index in [1.165, 1.54) is 30.8 Å². The third kappa shape index (κ3) is 2.36. The highest BCUT2D eigenvalue weighted by Gasteiger charge is 2.57. The van der Waals surface area contributed by atoms with Crippen LogP contribution in [0.4, 0.5) is 0 Å². The molecule has 0 N–H and O–H groups in total. The molecule has 0 aromatic carbocycles. The normalized spacial score (nSPS) is 58.6. The predicted octanol–water partition coefficient (Wildman–Crippen LogP) is 5.20. The molecule has 5 heteroatoms. The lowest BCUT2D eigenvalue weighted by atomic mass is 9.56. The van der Waals surface area contributed by atoms with Crippen LogP contribution in [0.2, 0.25) is 0 Å². The molecule has 3 rings (SSSR count). The molecule has 3 aliphatic rings. The van der Waals surface area contributed by atoms with Crippen molar-refractivity contribution in [3.63, 3.8) is 0 Å². The Kier molecular flexibility index (Phi) is 4.38. The van der Waals surface area contributed by atoms with Gasteiger partial charge in [-0.25, -0.2) is 0 Å². The van der Waals surface area contributed by atoms with Crippen molar-refractivity contribution in [3.8, 4) is 0 Å². The lowest BCUT2D eigenvalue weighted by Crippen LogP contribution is -2.58. The van der Waals surface area contributed by atoms with E-state index in [1.54, 1.807) is 0 Å². The highest BCUT2D eigenvalue weighted by molar-refractivity contribution is 9.12. The van der Waals surface area contributed by atoms with Crippen LogP contribution < -0.4 is 0 Å². The Morgan fingerprint density at radius 2 is 1.65 bits per heavy atom. The topological polar surface area (TPSA) is 0 Å². The van der Waals surface area contributed by atoms with Crippen LogP contribution in [0, 0.1) is 17.3 Å². The summed E-state index contributed by atoms with van der Waals surface area (Å²) in [5.41, 5.74) is 0.588. The molecule has 3 fully saturated rings. The van der Waals surface area contributed by atoms with E-state index in [-0.39, 0.29) is 0 Å². The first-order chi connectivity index (χ1) is 8.03. The molecule has 0 amide bonds. The van der Waals surface area contributed by atoms with E-state index in [4.69, 9.17) is 0 Å². The van der Waals surface area contributed by atoms with Crippen LogP contribution in [0.5, 0.6) is 0 Å². The van der Waals surface area contributed by atoms with E-state index < -0.39 is 0 Å². The predicted molar refractivity (Wildman–Crippen MR) is 91.4 cm³/mol. The van der Waals surface area contributed by atoms with Crippen molar-refractivity contribution in [1.82, 2.24) is 0 Å². The van der Waals surface area contributed by atoms with E-state index in [9.17, 15) is 0 Å². The fraction of sp³-hybridized carbons (Fsp3) is 1.00. The number of halogens is 4. The Labute approximate surface area is 141 Å². The van der Waals surface area contributed by atoms with Crippen LogP contribution in [0.1, 0.15) is 19.3 Å². The summed E-state index contributed by atoms with van der Waals surface area (Å²) in [6, 6.07) is 0. The fourth-order valence-corrected chi connectivity index (χ4v) is 9.16. The average Bonchev–Trinajstić information content (AvgIpc) is 2.27. The lowest BCUT2D eigenvalue weighted by molar-refractivity contribution is 0.0395. The van der Waals surface area contributed by atoms with Crippen molar-refractivity contribution in [3.05, 3.63) is 0 Å². The minimum absolute atomic E-state index is 0.588. The highest BCUT2D eigenvalue weighted by Crippen LogP contribution is 2.61. The molecule has 0 aromatic rings. The van der Waals surface area contributed by atoms with Gasteiger partial charge in [-0.2, -0.15) is 11.8 Å². The van der Waals surface area contributed by atoms with E-state index in [0.29, 0.717) is 24.7 Å². The standard InChI is InChI=1S/C12H16Br4S/c13-8-1-7-6-4-17-5-12(7,2-9(8)14)3-10(15)11(6)16/h6-11H,1-5H2. The fourth-order valence-electron chi connectivity index (χ4n) is 3.99. The Bertz CT molecular complexity index is 309. The van der Waals surface area contributed by atoms with Gasteiger partial charge in [0.05, 0.1) is 0 Å². The number of alkyl halides is 4. The molecule has 1 saturated heterocycles. The second-order valence-corrected chi connectivity index (χ2v) is 11.4. The summed E-state index contributed by atoms with van der Waals surface area (Å²) in [6.07, 6.45) is 4.04. The molecule has 2 bridgehead atoms. The van der Waals surface area contributed by atoms with Gasteiger partial charge in [0.25, 0.3) is 0 Å². The molecule has 0 aromatic heterocycles. The van der Waals surface area contributed by atoms with Gasteiger partial charge in [0.2, 0.25) is 0 Å². The smallest absolute Gasteiger partial charge is 0.0310 e. The van der Waals surface area contributed by atoms with Crippen molar-refractivity contribution in [2.75, 3.05) is 11.5 Å². The molecule has 2 aliphatic carbocycles. The van der Waals surface area contributed by atoms with Gasteiger partial charge in [0.15, 0.2) is 0 Å². The van der Waals surface area contributed by atoms with Crippen molar-refractivity contribution in [1.29, 1.82) is 0 Å². The highest BCUT2D eigenvalue weighted by atomic mass is 79.9. The summed E-state index contributed by atoms with van der Waals surface area (Å²) >= 11 is 17.8. The first-order valence-electron chi connectivity index (χ1n) is 6.17. The molecular formula is C12H16Br4S. The minimum Gasteiger partial charge on any atom is -0.161 e. The van der Waals surface area contributed by atoms with Crippen LogP contribution in [0.15, 0.2) is 0 Å². The maximum absolute atomic E-state index is 3.95. The van der Waals surface area contributed by atoms with E-state index in [2.05, 4.69) is 75.5 Å². The molecule has 17 heavy (non-hydrogen) atoms. The molecule has 1 heterocycles. The quantitative estimate of drug-likeness (QED) is 0.403. The van der Waals surface area contributed by atoms with Crippen LogP contribution in [0.3, 0.4) is 0 Å². The lowest BCUT2D eigenvalue weighted by Gasteiger charge is -2.59. The molecule has 0 nitrogen and oxygen atoms in total. The van der Waals surface area contributed by atoms with Crippen molar-refractivity contribution in [2.45, 2.75) is 38.6 Å². The maximum Gasteiger partial charge on any atom is 0.0310 e. The Morgan fingerprint density at radius 3 is 2.41 bits per heavy atom. The van der Waals surface area contributed by atoms with E-state index in [1.807, 2.05) is 0 Å². The molecule has 0 spiro atoms. The van der Waals surface area contributed by atoms with Gasteiger partial charge in [-0.3, -0.25) is 0 Å². The maximum atomic E-state index is 3.95. The molecule has 7 unspecified atom stereocenters. The largest absolute Gasteiger partial charge is 0.161 e. The Balaban J connectivity index is 1.93. The molecular weight excluding hydrogens is 496 g/mol. The van der Waals surface area contributed by atoms with Gasteiger partial charge >= 0.3 is 0 Å². The molecule has 98 valence electrons. The van der Waals surface area contributed by atoms with Crippen LogP contribution in [-0.2, 0) is 0 Å². The second kappa shape index (κ2) is 5.23. The SMILES string of the molecule is BrC1CC2C3CSCC2(CC1Br)CC(Br)C3Br. The third-order valence-electron chi connectivity index (χ3n) is 4.83. The van der Waals surface area contributed by atoms with Gasteiger partial charge in [0, 0.05) is 19.3 Å². The zero-order chi connectivity index (χ0) is 12.2. The summed E-state index contributed by atoms with van der Waals surface area (Å²) in [5.74, 6) is 4.49. The Morgan fingerprint density at radius 1 is 0.941 bits per heavy atom. The second-order valence-electron chi connectivity index (χ2n) is 5.78. The number of thioether (sulfide) groups is 1. The first kappa shape index (κ1) is 14.2. The number of rotatable bonds is 0. The van der Waals surface area contributed by atoms with Crippen LogP contribution in [-0.4, -0.2) is 30.8 Å². The summed E-state index contributed by atoms with van der Waals surface area (Å²) in [4.78, 5) is 2.65. The van der Waals surface area contributed by atoms with Gasteiger partial charge in [-0.05, 0) is 48.0 Å². The summed E-state index contributed by atoms with van der Waals surface area (Å²) in [5, 5.41) is 0. The van der Waals surface area contributed by atoms with Gasteiger partial charge in [0.1, 0.15) is 0 Å². The zero-order valence-corrected chi connectivity index (χ0v) is 16.6. The molecule has 7 atom stereocenters. The van der Waals surface area contributed by atoms with Crippen LogP contribution >= 0.6 is 75.5 Å². The summed E-state index contributed by atoms with van der Waals surface area (Å²) < 4.78 is 0. The molecule has 2 saturated carbocycles. The van der Waals surface area contributed by atoms with Crippen molar-refractivity contribution in [2.24, 2.45) is 17.3 Å². The summed E-state index contributed by atoms with van der Waals surface area (Å²) in [7, 11) is 0. The zero-order valence-electron chi connectivity index (χ0n) is 9.42. The van der Waals surface area contributed by atoms with Crippen molar-refractivity contribution >= 4 is 75.5 Å². The van der Waals surface area contributed by atoms with Crippen LogP contribution in [0.25, 0.3) is 0 Å².